The third-order valence-corrected chi connectivity index (χ3v) is 3.46. The summed E-state index contributed by atoms with van der Waals surface area (Å²) in [7, 11) is 0. The first-order valence-corrected chi connectivity index (χ1v) is 6.24. The molecule has 0 spiro atoms. The highest BCUT2D eigenvalue weighted by Crippen LogP contribution is 2.26. The van der Waals surface area contributed by atoms with E-state index in [1.54, 1.807) is 24.3 Å². The summed E-state index contributed by atoms with van der Waals surface area (Å²) in [5.41, 5.74) is 0.721. The fourth-order valence-corrected chi connectivity index (χ4v) is 2.05. The molecule has 4 nitrogen and oxygen atoms in total. The third-order valence-electron chi connectivity index (χ3n) is 3.46. The number of aliphatic carboxylic acids is 1. The molecule has 1 aliphatic rings. The highest BCUT2D eigenvalue weighted by molar-refractivity contribution is 5.81. The smallest absolute Gasteiger partial charge is 0.312 e. The molecule has 1 aromatic carbocycles. The number of hydrogen-bond acceptors (Lipinski definition) is 2. The predicted molar refractivity (Wildman–Crippen MR) is 67.2 cm³/mol. The van der Waals surface area contributed by atoms with Crippen LogP contribution in [0.2, 0.25) is 0 Å². The molecule has 0 aliphatic heterocycles. The molecule has 1 aromatic rings. The molecule has 2 N–H and O–H groups in total. The first kappa shape index (κ1) is 12.6. The molecule has 1 unspecified atom stereocenters. The molecule has 0 aromatic heterocycles. The lowest BCUT2D eigenvalue weighted by Crippen LogP contribution is -2.38. The van der Waals surface area contributed by atoms with E-state index in [1.807, 2.05) is 6.07 Å². The number of amides is 1. The van der Waals surface area contributed by atoms with Crippen molar-refractivity contribution in [2.75, 3.05) is 6.54 Å². The minimum Gasteiger partial charge on any atom is -0.481 e. The Morgan fingerprint density at radius 3 is 2.44 bits per heavy atom. The van der Waals surface area contributed by atoms with Crippen LogP contribution in [0.5, 0.6) is 0 Å². The molecule has 0 saturated heterocycles. The standard InChI is InChI=1S/C14H17NO3/c16-13(11-7-4-8-11)15-9-12(14(17)18)10-5-2-1-3-6-10/h1-3,5-6,11-12H,4,7-9H2,(H,15,16)(H,17,18). The molecule has 1 atom stereocenters. The molecule has 1 saturated carbocycles. The van der Waals surface area contributed by atoms with Crippen LogP contribution in [0.4, 0.5) is 0 Å². The van der Waals surface area contributed by atoms with Crippen molar-refractivity contribution in [3.63, 3.8) is 0 Å². The van der Waals surface area contributed by atoms with Gasteiger partial charge in [-0.25, -0.2) is 0 Å². The third kappa shape index (κ3) is 2.88. The van der Waals surface area contributed by atoms with Crippen molar-refractivity contribution in [1.82, 2.24) is 5.32 Å². The van der Waals surface area contributed by atoms with Gasteiger partial charge >= 0.3 is 5.97 Å². The second-order valence-corrected chi connectivity index (χ2v) is 4.67. The number of carboxylic acids is 1. The van der Waals surface area contributed by atoms with Crippen molar-refractivity contribution < 1.29 is 14.7 Å². The van der Waals surface area contributed by atoms with Crippen LogP contribution in [0, 0.1) is 5.92 Å². The number of benzene rings is 1. The minimum absolute atomic E-state index is 0.0107. The van der Waals surface area contributed by atoms with Crippen LogP contribution in [0.3, 0.4) is 0 Å². The van der Waals surface area contributed by atoms with Gasteiger partial charge in [0.25, 0.3) is 0 Å². The summed E-state index contributed by atoms with van der Waals surface area (Å²) >= 11 is 0. The normalized spacial score (nSPS) is 16.7. The van der Waals surface area contributed by atoms with Crippen LogP contribution in [-0.2, 0) is 9.59 Å². The molecule has 0 bridgehead atoms. The van der Waals surface area contributed by atoms with Crippen LogP contribution < -0.4 is 5.32 Å². The molecule has 96 valence electrons. The zero-order valence-corrected chi connectivity index (χ0v) is 10.1. The molecule has 1 fully saturated rings. The Bertz CT molecular complexity index is 426. The van der Waals surface area contributed by atoms with E-state index in [0.29, 0.717) is 0 Å². The zero-order chi connectivity index (χ0) is 13.0. The average molecular weight is 247 g/mol. The van der Waals surface area contributed by atoms with Gasteiger partial charge in [0, 0.05) is 12.5 Å². The monoisotopic (exact) mass is 247 g/mol. The summed E-state index contributed by atoms with van der Waals surface area (Å²) < 4.78 is 0. The lowest BCUT2D eigenvalue weighted by atomic mass is 9.84. The van der Waals surface area contributed by atoms with Crippen molar-refractivity contribution in [2.24, 2.45) is 5.92 Å². The van der Waals surface area contributed by atoms with Crippen LogP contribution in [-0.4, -0.2) is 23.5 Å². The maximum Gasteiger partial charge on any atom is 0.312 e. The molecule has 0 radical (unpaired) electrons. The Labute approximate surface area is 106 Å². The second-order valence-electron chi connectivity index (χ2n) is 4.67. The summed E-state index contributed by atoms with van der Waals surface area (Å²) in [4.78, 5) is 22.9. The number of carbonyl (C=O) groups is 2. The molecule has 0 heterocycles. The summed E-state index contributed by atoms with van der Waals surface area (Å²) in [6, 6.07) is 9.00. The van der Waals surface area contributed by atoms with E-state index in [2.05, 4.69) is 5.32 Å². The van der Waals surface area contributed by atoms with Crippen LogP contribution in [0.25, 0.3) is 0 Å². The van der Waals surface area contributed by atoms with Crippen LogP contribution in [0.15, 0.2) is 30.3 Å². The van der Waals surface area contributed by atoms with E-state index in [0.717, 1.165) is 24.8 Å². The van der Waals surface area contributed by atoms with Crippen molar-refractivity contribution in [3.05, 3.63) is 35.9 Å². The van der Waals surface area contributed by atoms with E-state index in [4.69, 9.17) is 0 Å². The quantitative estimate of drug-likeness (QED) is 0.833. The average Bonchev–Trinajstić information content (AvgIpc) is 2.28. The maximum atomic E-state index is 11.7. The Morgan fingerprint density at radius 2 is 1.94 bits per heavy atom. The van der Waals surface area contributed by atoms with Gasteiger partial charge in [0.2, 0.25) is 5.91 Å². The minimum atomic E-state index is -0.907. The van der Waals surface area contributed by atoms with Crippen molar-refractivity contribution in [1.29, 1.82) is 0 Å². The zero-order valence-electron chi connectivity index (χ0n) is 10.1. The summed E-state index contributed by atoms with van der Waals surface area (Å²) in [5, 5.41) is 11.9. The summed E-state index contributed by atoms with van der Waals surface area (Å²) in [6.45, 7) is 0.161. The Hall–Kier alpha value is -1.84. The molecular weight excluding hydrogens is 230 g/mol. The number of hydrogen-bond donors (Lipinski definition) is 2. The first-order chi connectivity index (χ1) is 8.68. The lowest BCUT2D eigenvalue weighted by Gasteiger charge is -2.25. The molecule has 18 heavy (non-hydrogen) atoms. The van der Waals surface area contributed by atoms with Crippen molar-refractivity contribution >= 4 is 11.9 Å². The molecule has 2 rings (SSSR count). The lowest BCUT2D eigenvalue weighted by molar-refractivity contribution is -0.138. The summed E-state index contributed by atoms with van der Waals surface area (Å²) in [6.07, 6.45) is 2.95. The van der Waals surface area contributed by atoms with E-state index < -0.39 is 11.9 Å². The van der Waals surface area contributed by atoms with Gasteiger partial charge in [-0.3, -0.25) is 9.59 Å². The molecule has 4 heteroatoms. The van der Waals surface area contributed by atoms with Crippen LogP contribution in [0.1, 0.15) is 30.7 Å². The fraction of sp³-hybridized carbons (Fsp3) is 0.429. The van der Waals surface area contributed by atoms with Crippen molar-refractivity contribution in [2.45, 2.75) is 25.2 Å². The molecule has 1 aliphatic carbocycles. The van der Waals surface area contributed by atoms with E-state index in [1.165, 1.54) is 0 Å². The van der Waals surface area contributed by atoms with Gasteiger partial charge in [0.1, 0.15) is 0 Å². The van der Waals surface area contributed by atoms with Crippen molar-refractivity contribution in [3.8, 4) is 0 Å². The first-order valence-electron chi connectivity index (χ1n) is 6.24. The Morgan fingerprint density at radius 1 is 1.28 bits per heavy atom. The van der Waals surface area contributed by atoms with Gasteiger partial charge in [-0.05, 0) is 18.4 Å². The number of rotatable bonds is 5. The fourth-order valence-electron chi connectivity index (χ4n) is 2.05. The SMILES string of the molecule is O=C(NCC(C(=O)O)c1ccccc1)C1CCC1. The van der Waals surface area contributed by atoms with Gasteiger partial charge in [-0.1, -0.05) is 36.8 Å². The molecular formula is C14H17NO3. The van der Waals surface area contributed by atoms with Crippen LogP contribution >= 0.6 is 0 Å². The number of nitrogens with one attached hydrogen (secondary N) is 1. The second kappa shape index (κ2) is 5.67. The molecule has 1 amide bonds. The Kier molecular flexibility index (Phi) is 3.97. The van der Waals surface area contributed by atoms with E-state index in [-0.39, 0.29) is 18.4 Å². The number of carbonyl (C=O) groups excluding carboxylic acids is 1. The van der Waals surface area contributed by atoms with Gasteiger partial charge in [0.05, 0.1) is 5.92 Å². The van der Waals surface area contributed by atoms with Gasteiger partial charge in [0.15, 0.2) is 0 Å². The highest BCUT2D eigenvalue weighted by Gasteiger charge is 2.27. The van der Waals surface area contributed by atoms with E-state index >= 15 is 0 Å². The highest BCUT2D eigenvalue weighted by atomic mass is 16.4. The number of carboxylic acid groups (broad SMARTS) is 1. The van der Waals surface area contributed by atoms with Gasteiger partial charge < -0.3 is 10.4 Å². The van der Waals surface area contributed by atoms with Gasteiger partial charge in [-0.2, -0.15) is 0 Å². The summed E-state index contributed by atoms with van der Waals surface area (Å²) in [5.74, 6) is -1.50. The van der Waals surface area contributed by atoms with Gasteiger partial charge in [-0.15, -0.1) is 0 Å². The largest absolute Gasteiger partial charge is 0.481 e. The topological polar surface area (TPSA) is 66.4 Å². The Balaban J connectivity index is 1.94. The predicted octanol–water partition coefficient (Wildman–Crippen LogP) is 1.77. The van der Waals surface area contributed by atoms with E-state index in [9.17, 15) is 14.7 Å². The maximum absolute atomic E-state index is 11.7.